The van der Waals surface area contributed by atoms with Crippen LogP contribution in [0.2, 0.25) is 0 Å². The van der Waals surface area contributed by atoms with Crippen molar-refractivity contribution in [3.8, 4) is 0 Å². The van der Waals surface area contributed by atoms with E-state index in [-0.39, 0.29) is 12.2 Å². The molecular weight excluding hydrogens is 418 g/mol. The number of aryl methyl sites for hydroxylation is 2. The van der Waals surface area contributed by atoms with Crippen LogP contribution in [-0.2, 0) is 36.6 Å². The number of nitrogens with one attached hydrogen (secondary N) is 1. The van der Waals surface area contributed by atoms with Gasteiger partial charge >= 0.3 is 0 Å². The molecule has 3 rings (SSSR count). The molecule has 1 heterocycles. The summed E-state index contributed by atoms with van der Waals surface area (Å²) in [6.07, 6.45) is 2.37. The van der Waals surface area contributed by atoms with E-state index in [4.69, 9.17) is 0 Å². The maximum atomic E-state index is 12.5. The molecule has 0 atom stereocenters. The summed E-state index contributed by atoms with van der Waals surface area (Å²) in [7, 11) is -2.70. The summed E-state index contributed by atoms with van der Waals surface area (Å²) in [5, 5.41) is 16.9. The van der Waals surface area contributed by atoms with Gasteiger partial charge in [-0.05, 0) is 36.2 Å². The second-order valence-corrected chi connectivity index (χ2v) is 8.59. The molecule has 31 heavy (non-hydrogen) atoms. The molecule has 0 spiro atoms. The van der Waals surface area contributed by atoms with E-state index in [0.717, 1.165) is 35.4 Å². The first-order chi connectivity index (χ1) is 14.7. The Morgan fingerprint density at radius 2 is 1.81 bits per heavy atom. The van der Waals surface area contributed by atoms with E-state index >= 15 is 0 Å². The lowest BCUT2D eigenvalue weighted by molar-refractivity contribution is 0.102. The lowest BCUT2D eigenvalue weighted by Gasteiger charge is -2.10. The van der Waals surface area contributed by atoms with Crippen LogP contribution in [-0.4, -0.2) is 33.8 Å². The molecule has 0 saturated carbocycles. The van der Waals surface area contributed by atoms with Gasteiger partial charge in [0.15, 0.2) is 0 Å². The quantitative estimate of drug-likeness (QED) is 0.460. The molecule has 9 heteroatoms. The van der Waals surface area contributed by atoms with Crippen molar-refractivity contribution in [1.82, 2.24) is 9.78 Å². The Labute approximate surface area is 181 Å². The molecule has 0 saturated heterocycles. The Balaban J connectivity index is 1.79. The van der Waals surface area contributed by atoms with Gasteiger partial charge in [-0.2, -0.15) is 13.5 Å². The van der Waals surface area contributed by atoms with Gasteiger partial charge in [0.25, 0.3) is 16.0 Å². The second kappa shape index (κ2) is 9.42. The van der Waals surface area contributed by atoms with Gasteiger partial charge < -0.3 is 10.4 Å². The SMILES string of the molecule is CCCc1nn(C)c(CO)c1Cc1ccc(NC(=O)c2ccccc2S(=O)(=O)O)cc1. The minimum Gasteiger partial charge on any atom is -0.390 e. The molecule has 0 fully saturated rings. The third kappa shape index (κ3) is 5.19. The number of hydrogen-bond acceptors (Lipinski definition) is 5. The zero-order chi connectivity index (χ0) is 22.6. The van der Waals surface area contributed by atoms with Crippen LogP contribution >= 0.6 is 0 Å². The predicted octanol–water partition coefficient (Wildman–Crippen LogP) is 2.95. The highest BCUT2D eigenvalue weighted by molar-refractivity contribution is 7.86. The first kappa shape index (κ1) is 22.7. The largest absolute Gasteiger partial charge is 0.390 e. The van der Waals surface area contributed by atoms with E-state index in [1.807, 2.05) is 19.2 Å². The highest BCUT2D eigenvalue weighted by atomic mass is 32.2. The number of amides is 1. The fourth-order valence-corrected chi connectivity index (χ4v) is 4.18. The van der Waals surface area contributed by atoms with E-state index < -0.39 is 20.9 Å². The summed E-state index contributed by atoms with van der Waals surface area (Å²) < 4.78 is 34.1. The minimum atomic E-state index is -4.51. The first-order valence-electron chi connectivity index (χ1n) is 9.85. The number of carbonyl (C=O) groups is 1. The van der Waals surface area contributed by atoms with Gasteiger partial charge in [0.1, 0.15) is 4.90 Å². The van der Waals surface area contributed by atoms with Gasteiger partial charge in [-0.3, -0.25) is 14.0 Å². The van der Waals surface area contributed by atoms with Crippen molar-refractivity contribution in [3.05, 3.63) is 76.6 Å². The van der Waals surface area contributed by atoms with E-state index in [0.29, 0.717) is 12.1 Å². The number of carbonyl (C=O) groups excluding carboxylic acids is 1. The monoisotopic (exact) mass is 443 g/mol. The molecule has 3 N–H and O–H groups in total. The zero-order valence-electron chi connectivity index (χ0n) is 17.4. The Hall–Kier alpha value is -3.01. The van der Waals surface area contributed by atoms with E-state index in [9.17, 15) is 22.9 Å². The summed E-state index contributed by atoms with van der Waals surface area (Å²) >= 11 is 0. The minimum absolute atomic E-state index is 0.0934. The highest BCUT2D eigenvalue weighted by Gasteiger charge is 2.20. The molecule has 164 valence electrons. The van der Waals surface area contributed by atoms with Crippen molar-refractivity contribution >= 4 is 21.7 Å². The average molecular weight is 444 g/mol. The van der Waals surface area contributed by atoms with Crippen LogP contribution in [0.1, 0.15) is 46.2 Å². The van der Waals surface area contributed by atoms with Gasteiger partial charge in [-0.15, -0.1) is 0 Å². The number of hydrogen-bond donors (Lipinski definition) is 3. The number of nitrogens with zero attached hydrogens (tertiary/aromatic N) is 2. The van der Waals surface area contributed by atoms with E-state index in [2.05, 4.69) is 17.3 Å². The molecule has 0 aliphatic carbocycles. The van der Waals surface area contributed by atoms with Crippen molar-refractivity contribution in [3.63, 3.8) is 0 Å². The van der Waals surface area contributed by atoms with Crippen LogP contribution in [0, 0.1) is 0 Å². The number of rotatable bonds is 8. The van der Waals surface area contributed by atoms with Crippen LogP contribution in [0.25, 0.3) is 0 Å². The van der Waals surface area contributed by atoms with Gasteiger partial charge in [0.2, 0.25) is 0 Å². The van der Waals surface area contributed by atoms with Crippen LogP contribution in [0.5, 0.6) is 0 Å². The maximum absolute atomic E-state index is 12.5. The standard InChI is InChI=1S/C22H25N3O5S/c1-3-6-19-18(20(14-26)25(2)24-19)13-15-9-11-16(12-10-15)23-22(27)17-7-4-5-8-21(17)31(28,29)30/h4-5,7-12,26H,3,6,13-14H2,1-2H3,(H,23,27)(H,28,29,30). The molecule has 1 amide bonds. The molecule has 3 aromatic rings. The topological polar surface area (TPSA) is 122 Å². The zero-order valence-corrected chi connectivity index (χ0v) is 18.2. The average Bonchev–Trinajstić information content (AvgIpc) is 3.03. The van der Waals surface area contributed by atoms with Crippen molar-refractivity contribution in [1.29, 1.82) is 0 Å². The Morgan fingerprint density at radius 3 is 2.42 bits per heavy atom. The van der Waals surface area contributed by atoms with Gasteiger partial charge in [0.05, 0.1) is 23.6 Å². The van der Waals surface area contributed by atoms with E-state index in [1.165, 1.54) is 24.3 Å². The molecule has 0 aliphatic heterocycles. The van der Waals surface area contributed by atoms with Crippen molar-refractivity contribution in [2.24, 2.45) is 7.05 Å². The van der Waals surface area contributed by atoms with Crippen LogP contribution in [0.3, 0.4) is 0 Å². The third-order valence-electron chi connectivity index (χ3n) is 5.00. The van der Waals surface area contributed by atoms with Crippen LogP contribution < -0.4 is 5.32 Å². The number of benzene rings is 2. The van der Waals surface area contributed by atoms with Crippen molar-refractivity contribution < 1.29 is 22.9 Å². The Kier molecular flexibility index (Phi) is 6.89. The number of aliphatic hydroxyl groups is 1. The second-order valence-electron chi connectivity index (χ2n) is 7.20. The van der Waals surface area contributed by atoms with Crippen LogP contribution in [0.15, 0.2) is 53.4 Å². The van der Waals surface area contributed by atoms with Crippen LogP contribution in [0.4, 0.5) is 5.69 Å². The third-order valence-corrected chi connectivity index (χ3v) is 5.91. The fraction of sp³-hybridized carbons (Fsp3) is 0.273. The molecule has 0 aliphatic rings. The predicted molar refractivity (Wildman–Crippen MR) is 117 cm³/mol. The molecule has 0 unspecified atom stereocenters. The number of aliphatic hydroxyl groups excluding tert-OH is 1. The summed E-state index contributed by atoms with van der Waals surface area (Å²) in [6, 6.07) is 12.6. The fourth-order valence-electron chi connectivity index (χ4n) is 3.49. The summed E-state index contributed by atoms with van der Waals surface area (Å²) in [5.41, 5.74) is 4.08. The number of anilines is 1. The smallest absolute Gasteiger partial charge is 0.295 e. The van der Waals surface area contributed by atoms with Gasteiger partial charge in [-0.1, -0.05) is 37.6 Å². The highest BCUT2D eigenvalue weighted by Crippen LogP contribution is 2.22. The normalized spacial score (nSPS) is 11.5. The first-order valence-corrected chi connectivity index (χ1v) is 11.3. The Bertz CT molecular complexity index is 1180. The number of aromatic nitrogens is 2. The molecule has 1 aromatic heterocycles. The maximum Gasteiger partial charge on any atom is 0.295 e. The summed E-state index contributed by atoms with van der Waals surface area (Å²) in [4.78, 5) is 12.1. The summed E-state index contributed by atoms with van der Waals surface area (Å²) in [5.74, 6) is -0.638. The van der Waals surface area contributed by atoms with Crippen molar-refractivity contribution in [2.75, 3.05) is 5.32 Å². The van der Waals surface area contributed by atoms with Gasteiger partial charge in [-0.25, -0.2) is 0 Å². The summed E-state index contributed by atoms with van der Waals surface area (Å²) in [6.45, 7) is 1.98. The van der Waals surface area contributed by atoms with E-state index in [1.54, 1.807) is 16.8 Å². The Morgan fingerprint density at radius 1 is 1.13 bits per heavy atom. The van der Waals surface area contributed by atoms with Crippen molar-refractivity contribution in [2.45, 2.75) is 37.7 Å². The molecule has 0 bridgehead atoms. The van der Waals surface area contributed by atoms with Gasteiger partial charge in [0, 0.05) is 24.7 Å². The molecular formula is C22H25N3O5S. The lowest BCUT2D eigenvalue weighted by atomic mass is 10.0. The molecule has 8 nitrogen and oxygen atoms in total. The lowest BCUT2D eigenvalue weighted by Crippen LogP contribution is -2.16. The molecule has 2 aromatic carbocycles. The molecule has 0 radical (unpaired) electrons.